The molecule has 2 aliphatic rings. The number of hydrogen-bond acceptors (Lipinski definition) is 7. The zero-order chi connectivity index (χ0) is 17.1. The highest BCUT2D eigenvalue weighted by Gasteiger charge is 2.25. The van der Waals surface area contributed by atoms with Crippen LogP contribution < -0.4 is 4.90 Å². The maximum atomic E-state index is 10.4. The van der Waals surface area contributed by atoms with Crippen LogP contribution in [0.4, 0.5) is 5.82 Å². The number of fused-ring (bicyclic) bond motifs is 1. The predicted molar refractivity (Wildman–Crippen MR) is 92.3 cm³/mol. The molecule has 4 rings (SSSR count). The van der Waals surface area contributed by atoms with E-state index in [1.807, 2.05) is 12.3 Å². The monoisotopic (exact) mass is 344 g/mol. The van der Waals surface area contributed by atoms with Gasteiger partial charge in [-0.1, -0.05) is 0 Å². The summed E-state index contributed by atoms with van der Waals surface area (Å²) >= 11 is 0. The van der Waals surface area contributed by atoms with Crippen molar-refractivity contribution >= 4 is 5.82 Å². The van der Waals surface area contributed by atoms with Crippen LogP contribution in [-0.2, 0) is 24.2 Å². The van der Waals surface area contributed by atoms with Crippen LogP contribution in [0.1, 0.15) is 11.3 Å². The van der Waals surface area contributed by atoms with E-state index in [0.717, 1.165) is 57.3 Å². The standard InChI is InChI=1S/C17H24N6O2/c24-14(11-23-4-1-3-20-23)10-21-5-2-16-15(12-21)17(19-13-18-16)22-6-8-25-9-7-22/h1,3-4,13-14,24H,2,5-12H2/t14-/m0/s1. The molecule has 0 spiro atoms. The summed E-state index contributed by atoms with van der Waals surface area (Å²) in [6.45, 7) is 6.03. The zero-order valence-corrected chi connectivity index (χ0v) is 14.3. The molecule has 2 aromatic heterocycles. The van der Waals surface area contributed by atoms with E-state index in [1.54, 1.807) is 17.2 Å². The number of nitrogens with zero attached hydrogens (tertiary/aromatic N) is 6. The van der Waals surface area contributed by atoms with Crippen molar-refractivity contribution in [1.29, 1.82) is 0 Å². The van der Waals surface area contributed by atoms with Gasteiger partial charge in [0, 0.05) is 57.1 Å². The number of aromatic nitrogens is 4. The lowest BCUT2D eigenvalue weighted by molar-refractivity contribution is 0.0883. The molecular weight excluding hydrogens is 320 g/mol. The second kappa shape index (κ2) is 7.47. The molecule has 0 radical (unpaired) electrons. The Labute approximate surface area is 147 Å². The van der Waals surface area contributed by atoms with Crippen molar-refractivity contribution in [3.63, 3.8) is 0 Å². The minimum absolute atomic E-state index is 0.446. The third-order valence-corrected chi connectivity index (χ3v) is 4.79. The number of ether oxygens (including phenoxy) is 1. The van der Waals surface area contributed by atoms with Gasteiger partial charge in [0.05, 0.1) is 31.6 Å². The molecule has 0 aliphatic carbocycles. The minimum atomic E-state index is -0.446. The Bertz CT molecular complexity index is 686. The molecule has 25 heavy (non-hydrogen) atoms. The van der Waals surface area contributed by atoms with Gasteiger partial charge in [0.15, 0.2) is 0 Å². The highest BCUT2D eigenvalue weighted by Crippen LogP contribution is 2.26. The van der Waals surface area contributed by atoms with Crippen LogP contribution in [0.5, 0.6) is 0 Å². The van der Waals surface area contributed by atoms with E-state index >= 15 is 0 Å². The third-order valence-electron chi connectivity index (χ3n) is 4.79. The second-order valence-electron chi connectivity index (χ2n) is 6.59. The van der Waals surface area contributed by atoms with Gasteiger partial charge < -0.3 is 14.7 Å². The molecule has 8 nitrogen and oxygen atoms in total. The van der Waals surface area contributed by atoms with Crippen molar-refractivity contribution in [2.24, 2.45) is 0 Å². The molecule has 2 aliphatic heterocycles. The first-order chi connectivity index (χ1) is 12.3. The van der Waals surface area contributed by atoms with Crippen LogP contribution >= 0.6 is 0 Å². The van der Waals surface area contributed by atoms with Gasteiger partial charge in [-0.05, 0) is 6.07 Å². The van der Waals surface area contributed by atoms with Gasteiger partial charge in [0.1, 0.15) is 12.1 Å². The Balaban J connectivity index is 1.44. The Hall–Kier alpha value is -2.03. The molecular formula is C17H24N6O2. The summed E-state index contributed by atoms with van der Waals surface area (Å²) in [5.74, 6) is 1.03. The molecule has 0 saturated carbocycles. The molecule has 1 atom stereocenters. The molecule has 0 amide bonds. The van der Waals surface area contributed by atoms with Crippen LogP contribution in [0.15, 0.2) is 24.8 Å². The van der Waals surface area contributed by atoms with E-state index in [9.17, 15) is 5.11 Å². The smallest absolute Gasteiger partial charge is 0.136 e. The summed E-state index contributed by atoms with van der Waals surface area (Å²) in [6, 6.07) is 1.87. The molecule has 0 aromatic carbocycles. The number of anilines is 1. The van der Waals surface area contributed by atoms with Crippen LogP contribution in [0, 0.1) is 0 Å². The molecule has 0 bridgehead atoms. The fourth-order valence-electron chi connectivity index (χ4n) is 3.57. The highest BCUT2D eigenvalue weighted by molar-refractivity contribution is 5.49. The van der Waals surface area contributed by atoms with Gasteiger partial charge in [-0.15, -0.1) is 0 Å². The number of aliphatic hydroxyl groups is 1. The average Bonchev–Trinajstić information content (AvgIpc) is 3.14. The predicted octanol–water partition coefficient (Wildman–Crippen LogP) is -0.0711. The van der Waals surface area contributed by atoms with Crippen LogP contribution in [0.2, 0.25) is 0 Å². The summed E-state index contributed by atoms with van der Waals surface area (Å²) in [5, 5.41) is 14.5. The molecule has 0 unspecified atom stereocenters. The minimum Gasteiger partial charge on any atom is -0.390 e. The summed E-state index contributed by atoms with van der Waals surface area (Å²) in [6.07, 6.45) is 5.72. The Morgan fingerprint density at radius 2 is 2.04 bits per heavy atom. The maximum Gasteiger partial charge on any atom is 0.136 e. The quantitative estimate of drug-likeness (QED) is 0.813. The number of morpholine rings is 1. The second-order valence-corrected chi connectivity index (χ2v) is 6.59. The summed E-state index contributed by atoms with van der Waals surface area (Å²) in [5.41, 5.74) is 2.33. The molecule has 8 heteroatoms. The Kier molecular flexibility index (Phi) is 4.91. The summed E-state index contributed by atoms with van der Waals surface area (Å²) in [7, 11) is 0. The van der Waals surface area contributed by atoms with Gasteiger partial charge in [-0.2, -0.15) is 5.10 Å². The number of rotatable bonds is 5. The van der Waals surface area contributed by atoms with E-state index in [4.69, 9.17) is 4.74 Å². The van der Waals surface area contributed by atoms with Crippen molar-refractivity contribution < 1.29 is 9.84 Å². The van der Waals surface area contributed by atoms with E-state index in [1.165, 1.54) is 5.56 Å². The average molecular weight is 344 g/mol. The lowest BCUT2D eigenvalue weighted by Crippen LogP contribution is -2.41. The maximum absolute atomic E-state index is 10.4. The van der Waals surface area contributed by atoms with Crippen molar-refractivity contribution in [3.05, 3.63) is 36.0 Å². The van der Waals surface area contributed by atoms with E-state index in [2.05, 4.69) is 24.9 Å². The summed E-state index contributed by atoms with van der Waals surface area (Å²) < 4.78 is 7.22. The van der Waals surface area contributed by atoms with Crippen molar-refractivity contribution in [3.8, 4) is 0 Å². The van der Waals surface area contributed by atoms with E-state index in [0.29, 0.717) is 13.1 Å². The number of aliphatic hydroxyl groups excluding tert-OH is 1. The van der Waals surface area contributed by atoms with Crippen molar-refractivity contribution in [2.45, 2.75) is 25.6 Å². The van der Waals surface area contributed by atoms with Gasteiger partial charge in [0.25, 0.3) is 0 Å². The molecule has 4 heterocycles. The van der Waals surface area contributed by atoms with Crippen molar-refractivity contribution in [2.75, 3.05) is 44.3 Å². The largest absolute Gasteiger partial charge is 0.390 e. The topological polar surface area (TPSA) is 79.5 Å². The Morgan fingerprint density at radius 1 is 1.16 bits per heavy atom. The van der Waals surface area contributed by atoms with Crippen LogP contribution in [0.25, 0.3) is 0 Å². The first-order valence-electron chi connectivity index (χ1n) is 8.83. The molecule has 1 N–H and O–H groups in total. The Morgan fingerprint density at radius 3 is 2.84 bits per heavy atom. The number of hydrogen-bond donors (Lipinski definition) is 1. The first kappa shape index (κ1) is 16.4. The molecule has 1 saturated heterocycles. The van der Waals surface area contributed by atoms with Crippen molar-refractivity contribution in [1.82, 2.24) is 24.6 Å². The van der Waals surface area contributed by atoms with Gasteiger partial charge >= 0.3 is 0 Å². The van der Waals surface area contributed by atoms with E-state index in [-0.39, 0.29) is 0 Å². The molecule has 1 fully saturated rings. The number of β-amino-alcohol motifs (C(OH)–C–C–N with tert-alkyl or cyclic N) is 1. The molecule has 2 aromatic rings. The van der Waals surface area contributed by atoms with Crippen LogP contribution in [-0.4, -0.2) is 75.3 Å². The fraction of sp³-hybridized carbons (Fsp3) is 0.588. The fourth-order valence-corrected chi connectivity index (χ4v) is 3.57. The zero-order valence-electron chi connectivity index (χ0n) is 14.3. The van der Waals surface area contributed by atoms with Gasteiger partial charge in [-0.25, -0.2) is 9.97 Å². The molecule has 134 valence electrons. The first-order valence-corrected chi connectivity index (χ1v) is 8.83. The SMILES string of the molecule is O[C@@H](CN1CCc2ncnc(N3CCOCC3)c2C1)Cn1cccn1. The lowest BCUT2D eigenvalue weighted by atomic mass is 10.0. The lowest BCUT2D eigenvalue weighted by Gasteiger charge is -2.34. The van der Waals surface area contributed by atoms with E-state index < -0.39 is 6.10 Å². The highest BCUT2D eigenvalue weighted by atomic mass is 16.5. The third kappa shape index (κ3) is 3.81. The van der Waals surface area contributed by atoms with Crippen LogP contribution in [0.3, 0.4) is 0 Å². The van der Waals surface area contributed by atoms with Gasteiger partial charge in [-0.3, -0.25) is 9.58 Å². The summed E-state index contributed by atoms with van der Waals surface area (Å²) in [4.78, 5) is 13.6. The van der Waals surface area contributed by atoms with Gasteiger partial charge in [0.2, 0.25) is 0 Å². The normalized spacial score (nSPS) is 19.6.